The zero-order valence-corrected chi connectivity index (χ0v) is 13.3. The van der Waals surface area contributed by atoms with Crippen LogP contribution in [0.4, 0.5) is 5.82 Å². The van der Waals surface area contributed by atoms with Gasteiger partial charge in [0, 0.05) is 25.7 Å². The Hall–Kier alpha value is -1.81. The summed E-state index contributed by atoms with van der Waals surface area (Å²) in [5, 5.41) is 4.70. The van der Waals surface area contributed by atoms with Gasteiger partial charge in [-0.2, -0.15) is 5.10 Å². The summed E-state index contributed by atoms with van der Waals surface area (Å²) in [6.45, 7) is 5.81. The fraction of sp³-hybridized carbons (Fsp3) is 0.471. The molecule has 4 heteroatoms. The summed E-state index contributed by atoms with van der Waals surface area (Å²) in [7, 11) is 2.13. The van der Waals surface area contributed by atoms with Crippen molar-refractivity contribution in [3.63, 3.8) is 0 Å². The summed E-state index contributed by atoms with van der Waals surface area (Å²) < 4.78 is 2.02. The minimum absolute atomic E-state index is 0.520. The van der Waals surface area contributed by atoms with E-state index < -0.39 is 0 Å². The van der Waals surface area contributed by atoms with Crippen LogP contribution in [0, 0.1) is 6.92 Å². The largest absolute Gasteiger partial charge is 0.359 e. The van der Waals surface area contributed by atoms with Crippen LogP contribution in [0.2, 0.25) is 0 Å². The first kappa shape index (κ1) is 15.6. The number of nitrogens with zero attached hydrogens (tertiary/aromatic N) is 3. The van der Waals surface area contributed by atoms with Gasteiger partial charge in [-0.05, 0) is 25.5 Å². The standard InChI is InChI=1S/C17H26N4/c1-4-5-9-12-20(3)17-16(13-18)14(2)19-21(17)15-10-7-6-8-11-15/h6-8,10-11H,4-5,9,12-13,18H2,1-3H3. The number of para-hydroxylation sites is 1. The van der Waals surface area contributed by atoms with E-state index in [1.165, 1.54) is 19.3 Å². The first-order chi connectivity index (χ1) is 10.2. The molecule has 0 saturated heterocycles. The van der Waals surface area contributed by atoms with Gasteiger partial charge >= 0.3 is 0 Å². The summed E-state index contributed by atoms with van der Waals surface area (Å²) in [6.07, 6.45) is 3.67. The van der Waals surface area contributed by atoms with E-state index in [0.29, 0.717) is 6.54 Å². The molecule has 2 aromatic rings. The Bertz CT molecular complexity index is 560. The molecule has 0 aliphatic heterocycles. The molecule has 0 amide bonds. The maximum Gasteiger partial charge on any atom is 0.136 e. The summed E-state index contributed by atoms with van der Waals surface area (Å²) in [6, 6.07) is 10.3. The van der Waals surface area contributed by atoms with E-state index in [-0.39, 0.29) is 0 Å². The van der Waals surface area contributed by atoms with Gasteiger partial charge in [-0.25, -0.2) is 4.68 Å². The molecule has 4 nitrogen and oxygen atoms in total. The SMILES string of the molecule is CCCCCN(C)c1c(CN)c(C)nn1-c1ccccc1. The van der Waals surface area contributed by atoms with Crippen molar-refractivity contribution in [3.05, 3.63) is 41.6 Å². The second-order valence-corrected chi connectivity index (χ2v) is 5.47. The molecule has 0 aliphatic rings. The molecule has 0 aliphatic carbocycles. The van der Waals surface area contributed by atoms with Gasteiger partial charge in [-0.15, -0.1) is 0 Å². The van der Waals surface area contributed by atoms with Crippen LogP contribution in [-0.2, 0) is 6.54 Å². The monoisotopic (exact) mass is 286 g/mol. The van der Waals surface area contributed by atoms with Crippen molar-refractivity contribution in [1.82, 2.24) is 9.78 Å². The number of benzene rings is 1. The Kier molecular flexibility index (Phi) is 5.39. The van der Waals surface area contributed by atoms with E-state index in [2.05, 4.69) is 31.0 Å². The van der Waals surface area contributed by atoms with E-state index in [1.54, 1.807) is 0 Å². The molecule has 1 aromatic carbocycles. The molecule has 0 fully saturated rings. The first-order valence-electron chi connectivity index (χ1n) is 7.74. The highest BCUT2D eigenvalue weighted by Crippen LogP contribution is 2.26. The summed E-state index contributed by atoms with van der Waals surface area (Å²) in [5.74, 6) is 1.12. The van der Waals surface area contributed by atoms with E-state index in [9.17, 15) is 0 Å². The van der Waals surface area contributed by atoms with Crippen LogP contribution in [0.25, 0.3) is 5.69 Å². The molecule has 2 rings (SSSR count). The van der Waals surface area contributed by atoms with E-state index in [1.807, 2.05) is 29.8 Å². The van der Waals surface area contributed by atoms with Crippen molar-refractivity contribution >= 4 is 5.82 Å². The van der Waals surface area contributed by atoms with Gasteiger partial charge in [0.25, 0.3) is 0 Å². The van der Waals surface area contributed by atoms with E-state index >= 15 is 0 Å². The highest BCUT2D eigenvalue weighted by molar-refractivity contribution is 5.54. The molecule has 0 atom stereocenters. The topological polar surface area (TPSA) is 47.1 Å². The third-order valence-corrected chi connectivity index (χ3v) is 3.82. The quantitative estimate of drug-likeness (QED) is 0.795. The first-order valence-corrected chi connectivity index (χ1v) is 7.74. The Morgan fingerprint density at radius 1 is 1.19 bits per heavy atom. The molecular formula is C17H26N4. The predicted octanol–water partition coefficient (Wildman–Crippen LogP) is 3.27. The molecule has 0 spiro atoms. The lowest BCUT2D eigenvalue weighted by Crippen LogP contribution is -2.23. The van der Waals surface area contributed by atoms with Crippen molar-refractivity contribution < 1.29 is 0 Å². The maximum atomic E-state index is 5.96. The molecule has 21 heavy (non-hydrogen) atoms. The van der Waals surface area contributed by atoms with Crippen LogP contribution in [0.5, 0.6) is 0 Å². The molecule has 0 saturated carbocycles. The van der Waals surface area contributed by atoms with Crippen molar-refractivity contribution in [2.45, 2.75) is 39.7 Å². The molecule has 0 bridgehead atoms. The van der Waals surface area contributed by atoms with Gasteiger partial charge in [0.1, 0.15) is 5.82 Å². The summed E-state index contributed by atoms with van der Waals surface area (Å²) in [4.78, 5) is 2.28. The Morgan fingerprint density at radius 2 is 1.90 bits per heavy atom. The third-order valence-electron chi connectivity index (χ3n) is 3.82. The van der Waals surface area contributed by atoms with Crippen LogP contribution >= 0.6 is 0 Å². The van der Waals surface area contributed by atoms with Crippen molar-refractivity contribution in [2.24, 2.45) is 5.73 Å². The Morgan fingerprint density at radius 3 is 2.52 bits per heavy atom. The zero-order valence-electron chi connectivity index (χ0n) is 13.3. The summed E-state index contributed by atoms with van der Waals surface area (Å²) >= 11 is 0. The van der Waals surface area contributed by atoms with Gasteiger partial charge in [0.15, 0.2) is 0 Å². The lowest BCUT2D eigenvalue weighted by molar-refractivity contribution is 0.691. The number of hydrogen-bond donors (Lipinski definition) is 1. The number of hydrogen-bond acceptors (Lipinski definition) is 3. The molecule has 1 aromatic heterocycles. The number of rotatable bonds is 7. The van der Waals surface area contributed by atoms with Gasteiger partial charge < -0.3 is 10.6 Å². The molecule has 2 N–H and O–H groups in total. The van der Waals surface area contributed by atoms with E-state index in [4.69, 9.17) is 10.8 Å². The third kappa shape index (κ3) is 3.45. The number of aromatic nitrogens is 2. The molecule has 0 radical (unpaired) electrons. The number of aryl methyl sites for hydroxylation is 1. The maximum absolute atomic E-state index is 5.96. The average Bonchev–Trinajstić information content (AvgIpc) is 2.85. The number of nitrogens with two attached hydrogens (primary N) is 1. The van der Waals surface area contributed by atoms with Gasteiger partial charge in [-0.3, -0.25) is 0 Å². The molecule has 114 valence electrons. The van der Waals surface area contributed by atoms with Crippen molar-refractivity contribution in [1.29, 1.82) is 0 Å². The van der Waals surface area contributed by atoms with Crippen LogP contribution in [-0.4, -0.2) is 23.4 Å². The lowest BCUT2D eigenvalue weighted by atomic mass is 10.2. The highest BCUT2D eigenvalue weighted by atomic mass is 15.4. The Balaban J connectivity index is 2.37. The second kappa shape index (κ2) is 7.27. The minimum Gasteiger partial charge on any atom is -0.359 e. The van der Waals surface area contributed by atoms with Crippen molar-refractivity contribution in [2.75, 3.05) is 18.5 Å². The lowest BCUT2D eigenvalue weighted by Gasteiger charge is -2.22. The number of anilines is 1. The average molecular weight is 286 g/mol. The van der Waals surface area contributed by atoms with Gasteiger partial charge in [0.2, 0.25) is 0 Å². The van der Waals surface area contributed by atoms with Gasteiger partial charge in [0.05, 0.1) is 11.4 Å². The fourth-order valence-electron chi connectivity index (χ4n) is 2.63. The minimum atomic E-state index is 0.520. The zero-order chi connectivity index (χ0) is 15.2. The second-order valence-electron chi connectivity index (χ2n) is 5.47. The Labute approximate surface area is 127 Å². The molecule has 0 unspecified atom stereocenters. The highest BCUT2D eigenvalue weighted by Gasteiger charge is 2.18. The fourth-order valence-corrected chi connectivity index (χ4v) is 2.63. The van der Waals surface area contributed by atoms with Crippen LogP contribution < -0.4 is 10.6 Å². The smallest absolute Gasteiger partial charge is 0.136 e. The van der Waals surface area contributed by atoms with Crippen LogP contribution in [0.1, 0.15) is 37.4 Å². The summed E-state index contributed by atoms with van der Waals surface area (Å²) in [5.41, 5.74) is 9.19. The number of unbranched alkanes of at least 4 members (excludes halogenated alkanes) is 2. The van der Waals surface area contributed by atoms with Crippen molar-refractivity contribution in [3.8, 4) is 5.69 Å². The van der Waals surface area contributed by atoms with Crippen LogP contribution in [0.15, 0.2) is 30.3 Å². The molecule has 1 heterocycles. The predicted molar refractivity (Wildman–Crippen MR) is 89.0 cm³/mol. The van der Waals surface area contributed by atoms with Crippen LogP contribution in [0.3, 0.4) is 0 Å². The normalized spacial score (nSPS) is 10.9. The molecular weight excluding hydrogens is 260 g/mol. The van der Waals surface area contributed by atoms with Gasteiger partial charge in [-0.1, -0.05) is 38.0 Å². The van der Waals surface area contributed by atoms with E-state index in [0.717, 1.165) is 29.3 Å².